The molecule has 1 aromatic heterocycles. The largest absolute Gasteiger partial charge is 0.479 e. The molecule has 0 amide bonds. The molecule has 0 spiro atoms. The summed E-state index contributed by atoms with van der Waals surface area (Å²) in [6.07, 6.45) is 1.39. The number of aromatic nitrogens is 1. The smallest absolute Gasteiger partial charge is 0.260 e. The molecule has 2 rings (SSSR count). The van der Waals surface area contributed by atoms with Crippen molar-refractivity contribution < 1.29 is 13.2 Å². The molecule has 0 radical (unpaired) electrons. The maximum atomic E-state index is 12.1. The van der Waals surface area contributed by atoms with Crippen LogP contribution in [0.5, 0.6) is 5.75 Å². The van der Waals surface area contributed by atoms with Gasteiger partial charge in [-0.3, -0.25) is 0 Å². The van der Waals surface area contributed by atoms with E-state index in [0.29, 0.717) is 18.8 Å². The minimum absolute atomic E-state index is 0.0293. The average molecular weight is 298 g/mol. The monoisotopic (exact) mass is 298 g/mol. The van der Waals surface area contributed by atoms with Gasteiger partial charge in [0.25, 0.3) is 10.0 Å². The Labute approximate surface area is 118 Å². The SMILES string of the molecule is CC#CCOc1ccc(S(=O)(=O)N2CC(S)C2)nc1. The number of thiol groups is 1. The van der Waals surface area contributed by atoms with Crippen LogP contribution in [0.1, 0.15) is 6.92 Å². The van der Waals surface area contributed by atoms with E-state index in [1.807, 2.05) is 0 Å². The summed E-state index contributed by atoms with van der Waals surface area (Å²) in [4.78, 5) is 3.93. The molecule has 0 atom stereocenters. The lowest BCUT2D eigenvalue weighted by Gasteiger charge is -2.34. The van der Waals surface area contributed by atoms with Crippen LogP contribution in [0.3, 0.4) is 0 Å². The molecule has 0 aromatic carbocycles. The molecule has 7 heteroatoms. The fourth-order valence-corrected chi connectivity index (χ4v) is 3.60. The summed E-state index contributed by atoms with van der Waals surface area (Å²) in [7, 11) is -3.49. The van der Waals surface area contributed by atoms with Crippen molar-refractivity contribution in [1.82, 2.24) is 9.29 Å². The summed E-state index contributed by atoms with van der Waals surface area (Å²) in [6, 6.07) is 3.02. The Kier molecular flexibility index (Phi) is 4.34. The minimum atomic E-state index is -3.49. The van der Waals surface area contributed by atoms with Gasteiger partial charge in [0.05, 0.1) is 6.20 Å². The molecule has 2 heterocycles. The molecule has 0 N–H and O–H groups in total. The normalized spacial score (nSPS) is 16.3. The van der Waals surface area contributed by atoms with E-state index < -0.39 is 10.0 Å². The van der Waals surface area contributed by atoms with Gasteiger partial charge in [0.15, 0.2) is 5.03 Å². The summed E-state index contributed by atoms with van der Waals surface area (Å²) in [5.41, 5.74) is 0. The van der Waals surface area contributed by atoms with Crippen LogP contribution in [0.25, 0.3) is 0 Å². The predicted octanol–water partition coefficient (Wildman–Crippen LogP) is 0.786. The fourth-order valence-electron chi connectivity index (χ4n) is 1.54. The third-order valence-corrected chi connectivity index (χ3v) is 4.70. The Morgan fingerprint density at radius 1 is 1.53 bits per heavy atom. The molecule has 1 fully saturated rings. The van der Waals surface area contributed by atoms with Crippen LogP contribution >= 0.6 is 12.6 Å². The zero-order valence-corrected chi connectivity index (χ0v) is 12.1. The Bertz CT molecular complexity index is 596. The summed E-state index contributed by atoms with van der Waals surface area (Å²) in [6.45, 7) is 2.84. The number of rotatable bonds is 4. The molecule has 0 saturated carbocycles. The summed E-state index contributed by atoms with van der Waals surface area (Å²) < 4.78 is 30.8. The van der Waals surface area contributed by atoms with Gasteiger partial charge in [-0.25, -0.2) is 13.4 Å². The molecular formula is C12H14N2O3S2. The highest BCUT2D eigenvalue weighted by atomic mass is 32.2. The summed E-state index contributed by atoms with van der Waals surface area (Å²) in [5.74, 6) is 5.95. The standard InChI is InChI=1S/C12H14N2O3S2/c1-2-3-6-17-10-4-5-12(13-7-10)19(15,16)14-8-11(18)9-14/h4-5,7,11,18H,6,8-9H2,1H3. The predicted molar refractivity (Wildman–Crippen MR) is 74.7 cm³/mol. The Morgan fingerprint density at radius 3 is 2.79 bits per heavy atom. The molecular weight excluding hydrogens is 284 g/mol. The molecule has 5 nitrogen and oxygen atoms in total. The fraction of sp³-hybridized carbons (Fsp3) is 0.417. The molecule has 1 aliphatic heterocycles. The first-order valence-corrected chi connectivity index (χ1v) is 7.66. The molecule has 1 aliphatic rings. The molecule has 102 valence electrons. The van der Waals surface area contributed by atoms with Crippen molar-refractivity contribution in [3.05, 3.63) is 18.3 Å². The van der Waals surface area contributed by atoms with E-state index in [0.717, 1.165) is 0 Å². The molecule has 0 bridgehead atoms. The second-order valence-corrected chi connectivity index (χ2v) is 6.64. The summed E-state index contributed by atoms with van der Waals surface area (Å²) in [5, 5.41) is 0.145. The number of nitrogens with zero attached hydrogens (tertiary/aromatic N) is 2. The number of hydrogen-bond donors (Lipinski definition) is 1. The highest BCUT2D eigenvalue weighted by Crippen LogP contribution is 2.23. The van der Waals surface area contributed by atoms with E-state index in [1.54, 1.807) is 13.0 Å². The maximum Gasteiger partial charge on any atom is 0.260 e. The third-order valence-electron chi connectivity index (χ3n) is 2.63. The van der Waals surface area contributed by atoms with Gasteiger partial charge in [0, 0.05) is 18.3 Å². The van der Waals surface area contributed by atoms with Crippen LogP contribution in [-0.2, 0) is 10.0 Å². The van der Waals surface area contributed by atoms with E-state index in [2.05, 4.69) is 29.5 Å². The maximum absolute atomic E-state index is 12.1. The van der Waals surface area contributed by atoms with Crippen LogP contribution in [0.4, 0.5) is 0 Å². The molecule has 0 aliphatic carbocycles. The Hall–Kier alpha value is -1.23. The first kappa shape index (κ1) is 14.2. The van der Waals surface area contributed by atoms with Crippen LogP contribution in [-0.4, -0.2) is 42.7 Å². The zero-order valence-electron chi connectivity index (χ0n) is 10.4. The van der Waals surface area contributed by atoms with E-state index in [9.17, 15) is 8.42 Å². The molecule has 1 aromatic rings. The zero-order chi connectivity index (χ0) is 13.9. The first-order valence-electron chi connectivity index (χ1n) is 5.70. The van der Waals surface area contributed by atoms with Crippen molar-refractivity contribution in [2.75, 3.05) is 19.7 Å². The quantitative estimate of drug-likeness (QED) is 0.659. The van der Waals surface area contributed by atoms with Crippen molar-refractivity contribution in [3.8, 4) is 17.6 Å². The number of sulfonamides is 1. The first-order chi connectivity index (χ1) is 9.04. The summed E-state index contributed by atoms with van der Waals surface area (Å²) >= 11 is 4.19. The molecule has 1 saturated heterocycles. The Balaban J connectivity index is 2.07. The van der Waals surface area contributed by atoms with Gasteiger partial charge < -0.3 is 4.74 Å². The van der Waals surface area contributed by atoms with Crippen molar-refractivity contribution in [1.29, 1.82) is 0 Å². The van der Waals surface area contributed by atoms with Gasteiger partial charge in [-0.15, -0.1) is 5.92 Å². The van der Waals surface area contributed by atoms with Gasteiger partial charge in [0.2, 0.25) is 0 Å². The highest BCUT2D eigenvalue weighted by molar-refractivity contribution is 7.89. The minimum Gasteiger partial charge on any atom is -0.479 e. The number of pyridine rings is 1. The van der Waals surface area contributed by atoms with Gasteiger partial charge in [-0.05, 0) is 19.1 Å². The van der Waals surface area contributed by atoms with Crippen molar-refractivity contribution in [2.45, 2.75) is 17.2 Å². The van der Waals surface area contributed by atoms with E-state index >= 15 is 0 Å². The van der Waals surface area contributed by atoms with Crippen LogP contribution in [0.2, 0.25) is 0 Å². The van der Waals surface area contributed by atoms with Crippen molar-refractivity contribution in [2.24, 2.45) is 0 Å². The van der Waals surface area contributed by atoms with Gasteiger partial charge >= 0.3 is 0 Å². The van der Waals surface area contributed by atoms with E-state index in [1.165, 1.54) is 16.6 Å². The van der Waals surface area contributed by atoms with Crippen LogP contribution in [0, 0.1) is 11.8 Å². The number of ether oxygens (including phenoxy) is 1. The Morgan fingerprint density at radius 2 is 2.26 bits per heavy atom. The van der Waals surface area contributed by atoms with Crippen LogP contribution < -0.4 is 4.74 Å². The van der Waals surface area contributed by atoms with E-state index in [4.69, 9.17) is 4.74 Å². The number of hydrogen-bond acceptors (Lipinski definition) is 5. The lowest BCUT2D eigenvalue weighted by molar-refractivity contribution is 0.320. The van der Waals surface area contributed by atoms with Gasteiger partial charge in [-0.2, -0.15) is 16.9 Å². The van der Waals surface area contributed by atoms with Crippen molar-refractivity contribution in [3.63, 3.8) is 0 Å². The van der Waals surface area contributed by atoms with E-state index in [-0.39, 0.29) is 16.9 Å². The van der Waals surface area contributed by atoms with Crippen molar-refractivity contribution >= 4 is 22.7 Å². The molecule has 19 heavy (non-hydrogen) atoms. The highest BCUT2D eigenvalue weighted by Gasteiger charge is 2.35. The van der Waals surface area contributed by atoms with Gasteiger partial charge in [0.1, 0.15) is 12.4 Å². The second kappa shape index (κ2) is 5.82. The third kappa shape index (κ3) is 3.21. The topological polar surface area (TPSA) is 59.5 Å². The second-order valence-electron chi connectivity index (χ2n) is 4.02. The lowest BCUT2D eigenvalue weighted by Crippen LogP contribution is -2.50. The lowest BCUT2D eigenvalue weighted by atomic mass is 10.3. The average Bonchev–Trinajstić information content (AvgIpc) is 2.36. The van der Waals surface area contributed by atoms with Gasteiger partial charge in [-0.1, -0.05) is 5.92 Å². The molecule has 0 unspecified atom stereocenters. The van der Waals surface area contributed by atoms with Crippen LogP contribution in [0.15, 0.2) is 23.4 Å².